The van der Waals surface area contributed by atoms with Gasteiger partial charge >= 0.3 is 6.09 Å². The molecule has 2 atom stereocenters. The molecular weight excluding hydrogens is 454 g/mol. The maximum Gasteiger partial charge on any atom is 0.408 e. The molecule has 36 heavy (non-hydrogen) atoms. The highest BCUT2D eigenvalue weighted by molar-refractivity contribution is 5.92. The quantitative estimate of drug-likeness (QED) is 0.329. The Morgan fingerprint density at radius 1 is 1.03 bits per heavy atom. The summed E-state index contributed by atoms with van der Waals surface area (Å²) in [5, 5.41) is 5.70. The third-order valence-electron chi connectivity index (χ3n) is 5.39. The lowest BCUT2D eigenvalue weighted by Gasteiger charge is -2.34. The molecule has 7 nitrogen and oxygen atoms in total. The maximum atomic E-state index is 14.0. The van der Waals surface area contributed by atoms with Gasteiger partial charge in [0, 0.05) is 19.5 Å². The third kappa shape index (κ3) is 9.21. The van der Waals surface area contributed by atoms with Gasteiger partial charge < -0.3 is 20.3 Å². The minimum atomic E-state index is -0.947. The van der Waals surface area contributed by atoms with E-state index in [1.54, 1.807) is 26.8 Å². The Morgan fingerprint density at radius 2 is 1.64 bits per heavy atom. The molecule has 2 aromatic carbocycles. The molecule has 0 radical (unpaired) electrons. The lowest BCUT2D eigenvalue weighted by Crippen LogP contribution is -2.53. The first-order chi connectivity index (χ1) is 17.2. The van der Waals surface area contributed by atoms with Crippen molar-refractivity contribution in [2.24, 2.45) is 0 Å². The summed E-state index contributed by atoms with van der Waals surface area (Å²) in [6, 6.07) is 16.7. The molecule has 0 saturated heterocycles. The van der Waals surface area contributed by atoms with Crippen molar-refractivity contribution in [3.63, 3.8) is 0 Å². The Labute approximate surface area is 214 Å². The van der Waals surface area contributed by atoms with Crippen molar-refractivity contribution in [1.82, 2.24) is 15.5 Å². The van der Waals surface area contributed by atoms with Crippen LogP contribution in [0.3, 0.4) is 0 Å². The Bertz CT molecular complexity index is 987. The Morgan fingerprint density at radius 3 is 2.19 bits per heavy atom. The second kappa shape index (κ2) is 14.1. The third-order valence-corrected chi connectivity index (χ3v) is 5.39. The number of carbonyl (C=O) groups is 3. The van der Waals surface area contributed by atoms with Crippen LogP contribution >= 0.6 is 0 Å². The zero-order valence-corrected chi connectivity index (χ0v) is 21.8. The van der Waals surface area contributed by atoms with E-state index in [4.69, 9.17) is 4.74 Å². The molecule has 7 heteroatoms. The highest BCUT2D eigenvalue weighted by Crippen LogP contribution is 2.23. The van der Waals surface area contributed by atoms with Crippen molar-refractivity contribution in [1.29, 1.82) is 0 Å². The molecule has 0 fully saturated rings. The number of alkyl carbamates (subject to hydrolysis) is 1. The van der Waals surface area contributed by atoms with Crippen LogP contribution in [0, 0.1) is 0 Å². The summed E-state index contributed by atoms with van der Waals surface area (Å²) in [5.74, 6) is -0.676. The number of hydrogen-bond acceptors (Lipinski definition) is 4. The number of rotatable bonds is 12. The first-order valence-corrected chi connectivity index (χ1v) is 12.4. The molecule has 0 heterocycles. The first kappa shape index (κ1) is 28.6. The zero-order chi connectivity index (χ0) is 26.6. The van der Waals surface area contributed by atoms with Crippen LogP contribution in [-0.4, -0.2) is 47.5 Å². The number of carbonyl (C=O) groups excluding carboxylic acids is 3. The van der Waals surface area contributed by atoms with E-state index < -0.39 is 29.7 Å². The number of benzene rings is 2. The lowest BCUT2D eigenvalue weighted by atomic mass is 10.00. The summed E-state index contributed by atoms with van der Waals surface area (Å²) in [7, 11) is 0. The number of nitrogens with one attached hydrogen (secondary N) is 2. The molecule has 194 valence electrons. The number of hydrogen-bond donors (Lipinski definition) is 2. The van der Waals surface area contributed by atoms with Gasteiger partial charge in [-0.15, -0.1) is 6.58 Å². The summed E-state index contributed by atoms with van der Waals surface area (Å²) < 4.78 is 5.43. The SMILES string of the molecule is C=CCN(C(=O)C(Cc1ccccc1)NC(=O)OC(C)(C)C)C(C(=O)NCCCC)c1ccccc1. The fourth-order valence-corrected chi connectivity index (χ4v) is 3.75. The molecule has 2 aromatic rings. The number of ether oxygens (including phenoxy) is 1. The van der Waals surface area contributed by atoms with Gasteiger partial charge in [0.2, 0.25) is 11.8 Å². The van der Waals surface area contributed by atoms with Crippen LogP contribution in [0.4, 0.5) is 4.79 Å². The topological polar surface area (TPSA) is 87.7 Å². The van der Waals surface area contributed by atoms with Gasteiger partial charge in [-0.3, -0.25) is 9.59 Å². The molecule has 2 rings (SSSR count). The minimum Gasteiger partial charge on any atom is -0.444 e. The summed E-state index contributed by atoms with van der Waals surface area (Å²) in [6.45, 7) is 11.8. The summed E-state index contributed by atoms with van der Waals surface area (Å²) in [4.78, 5) is 41.6. The maximum absolute atomic E-state index is 14.0. The zero-order valence-electron chi connectivity index (χ0n) is 21.8. The van der Waals surface area contributed by atoms with Crippen molar-refractivity contribution in [2.45, 2.75) is 64.6 Å². The van der Waals surface area contributed by atoms with E-state index in [9.17, 15) is 14.4 Å². The van der Waals surface area contributed by atoms with E-state index >= 15 is 0 Å². The molecular formula is C29H39N3O4. The largest absolute Gasteiger partial charge is 0.444 e. The van der Waals surface area contributed by atoms with Gasteiger partial charge in [0.15, 0.2) is 0 Å². The number of nitrogens with zero attached hydrogens (tertiary/aromatic N) is 1. The molecule has 3 amide bonds. The number of amides is 3. The molecule has 0 saturated carbocycles. The molecule has 0 aliphatic carbocycles. The van der Waals surface area contributed by atoms with E-state index in [1.807, 2.05) is 67.6 Å². The van der Waals surface area contributed by atoms with Crippen molar-refractivity contribution in [2.75, 3.05) is 13.1 Å². The van der Waals surface area contributed by atoms with Crippen LogP contribution in [-0.2, 0) is 20.7 Å². The van der Waals surface area contributed by atoms with Gasteiger partial charge in [-0.05, 0) is 38.3 Å². The highest BCUT2D eigenvalue weighted by Gasteiger charge is 2.35. The van der Waals surface area contributed by atoms with Crippen molar-refractivity contribution in [3.8, 4) is 0 Å². The molecule has 0 aromatic heterocycles. The molecule has 0 aliphatic heterocycles. The van der Waals surface area contributed by atoms with Crippen molar-refractivity contribution >= 4 is 17.9 Å². The Kier molecular flexibility index (Phi) is 11.2. The second-order valence-electron chi connectivity index (χ2n) is 9.63. The van der Waals surface area contributed by atoms with E-state index in [0.29, 0.717) is 12.1 Å². The van der Waals surface area contributed by atoms with Crippen LogP contribution < -0.4 is 10.6 Å². The Balaban J connectivity index is 2.44. The smallest absolute Gasteiger partial charge is 0.408 e. The predicted molar refractivity (Wildman–Crippen MR) is 142 cm³/mol. The standard InChI is InChI=1S/C29H39N3O4/c1-6-8-19-30-26(33)25(23-17-13-10-14-18-23)32(20-7-2)27(34)24(21-22-15-11-9-12-16-22)31-28(35)36-29(3,4)5/h7,9-18,24-25H,2,6,8,19-21H2,1,3-5H3,(H,30,33)(H,31,35). The van der Waals surface area contributed by atoms with Gasteiger partial charge in [0.25, 0.3) is 0 Å². The van der Waals surface area contributed by atoms with E-state index in [1.165, 1.54) is 4.90 Å². The molecule has 0 aliphatic rings. The average molecular weight is 494 g/mol. The summed E-state index contributed by atoms with van der Waals surface area (Å²) >= 11 is 0. The minimum absolute atomic E-state index is 0.126. The van der Waals surface area contributed by atoms with Crippen LogP contribution in [0.1, 0.15) is 57.7 Å². The van der Waals surface area contributed by atoms with Gasteiger partial charge in [0.1, 0.15) is 17.7 Å². The normalized spacial score (nSPS) is 12.7. The van der Waals surface area contributed by atoms with Crippen LogP contribution in [0.15, 0.2) is 73.3 Å². The van der Waals surface area contributed by atoms with Crippen LogP contribution in [0.2, 0.25) is 0 Å². The molecule has 0 spiro atoms. The van der Waals surface area contributed by atoms with Crippen LogP contribution in [0.5, 0.6) is 0 Å². The van der Waals surface area contributed by atoms with Crippen LogP contribution in [0.25, 0.3) is 0 Å². The van der Waals surface area contributed by atoms with Gasteiger partial charge in [-0.1, -0.05) is 80.1 Å². The average Bonchev–Trinajstić information content (AvgIpc) is 2.83. The van der Waals surface area contributed by atoms with E-state index in [0.717, 1.165) is 18.4 Å². The van der Waals surface area contributed by atoms with Crippen molar-refractivity contribution < 1.29 is 19.1 Å². The van der Waals surface area contributed by atoms with Gasteiger partial charge in [-0.2, -0.15) is 0 Å². The molecule has 2 N–H and O–H groups in total. The fraction of sp³-hybridized carbons (Fsp3) is 0.414. The molecule has 2 unspecified atom stereocenters. The highest BCUT2D eigenvalue weighted by atomic mass is 16.6. The number of unbranched alkanes of at least 4 members (excludes halogenated alkanes) is 1. The molecule has 0 bridgehead atoms. The lowest BCUT2D eigenvalue weighted by molar-refractivity contribution is -0.141. The van der Waals surface area contributed by atoms with E-state index in [2.05, 4.69) is 17.2 Å². The second-order valence-corrected chi connectivity index (χ2v) is 9.63. The Hall–Kier alpha value is -3.61. The van der Waals surface area contributed by atoms with E-state index in [-0.39, 0.29) is 18.9 Å². The first-order valence-electron chi connectivity index (χ1n) is 12.4. The van der Waals surface area contributed by atoms with Crippen molar-refractivity contribution in [3.05, 3.63) is 84.4 Å². The summed E-state index contributed by atoms with van der Waals surface area (Å²) in [5.41, 5.74) is 0.823. The van der Waals surface area contributed by atoms with Gasteiger partial charge in [-0.25, -0.2) is 4.79 Å². The summed E-state index contributed by atoms with van der Waals surface area (Å²) in [6.07, 6.45) is 2.90. The monoisotopic (exact) mass is 493 g/mol. The van der Waals surface area contributed by atoms with Gasteiger partial charge in [0.05, 0.1) is 0 Å². The predicted octanol–water partition coefficient (Wildman–Crippen LogP) is 4.79. The fourth-order valence-electron chi connectivity index (χ4n) is 3.75.